The van der Waals surface area contributed by atoms with Crippen LogP contribution >= 0.6 is 11.6 Å². The SMILES string of the molecule is CC(C)Oc1ccc(Cl)cc1C(=O)/C=C/C(=O)O. The van der Waals surface area contributed by atoms with Gasteiger partial charge in [-0.1, -0.05) is 11.6 Å². The van der Waals surface area contributed by atoms with Crippen molar-refractivity contribution in [1.29, 1.82) is 0 Å². The summed E-state index contributed by atoms with van der Waals surface area (Å²) in [6, 6.07) is 4.65. The maximum Gasteiger partial charge on any atom is 0.328 e. The van der Waals surface area contributed by atoms with Gasteiger partial charge in [0.05, 0.1) is 11.7 Å². The van der Waals surface area contributed by atoms with Crippen molar-refractivity contribution in [2.45, 2.75) is 20.0 Å². The molecule has 1 aromatic rings. The van der Waals surface area contributed by atoms with Gasteiger partial charge in [-0.3, -0.25) is 4.79 Å². The fourth-order valence-corrected chi connectivity index (χ4v) is 1.46. The Morgan fingerprint density at radius 2 is 2.00 bits per heavy atom. The second kappa shape index (κ2) is 6.21. The average molecular weight is 269 g/mol. The molecule has 0 aliphatic heterocycles. The lowest BCUT2D eigenvalue weighted by molar-refractivity contribution is -0.131. The summed E-state index contributed by atoms with van der Waals surface area (Å²) in [5, 5.41) is 8.87. The Balaban J connectivity index is 3.08. The maximum atomic E-state index is 11.8. The number of carbonyl (C=O) groups is 2. The summed E-state index contributed by atoms with van der Waals surface area (Å²) in [7, 11) is 0. The van der Waals surface area contributed by atoms with E-state index in [0.717, 1.165) is 12.2 Å². The van der Waals surface area contributed by atoms with Gasteiger partial charge >= 0.3 is 5.97 Å². The normalized spacial score (nSPS) is 10.9. The van der Waals surface area contributed by atoms with Crippen molar-refractivity contribution in [1.82, 2.24) is 0 Å². The van der Waals surface area contributed by atoms with Crippen LogP contribution in [0.25, 0.3) is 0 Å². The first-order chi connectivity index (χ1) is 8.40. The van der Waals surface area contributed by atoms with Crippen LogP contribution in [0.1, 0.15) is 24.2 Å². The number of carbonyl (C=O) groups excluding carboxylic acids is 1. The van der Waals surface area contributed by atoms with Crippen molar-refractivity contribution < 1.29 is 19.4 Å². The van der Waals surface area contributed by atoms with E-state index in [1.54, 1.807) is 12.1 Å². The zero-order chi connectivity index (χ0) is 13.7. The Morgan fingerprint density at radius 1 is 1.33 bits per heavy atom. The van der Waals surface area contributed by atoms with E-state index in [1.807, 2.05) is 13.8 Å². The molecule has 0 atom stereocenters. The molecule has 4 nitrogen and oxygen atoms in total. The molecular weight excluding hydrogens is 256 g/mol. The highest BCUT2D eigenvalue weighted by atomic mass is 35.5. The first kappa shape index (κ1) is 14.3. The van der Waals surface area contributed by atoms with Crippen molar-refractivity contribution >= 4 is 23.4 Å². The average Bonchev–Trinajstić information content (AvgIpc) is 2.27. The topological polar surface area (TPSA) is 63.6 Å². The van der Waals surface area contributed by atoms with Gasteiger partial charge in [-0.2, -0.15) is 0 Å². The van der Waals surface area contributed by atoms with Crippen LogP contribution in [0.2, 0.25) is 5.02 Å². The number of rotatable bonds is 5. The van der Waals surface area contributed by atoms with Gasteiger partial charge < -0.3 is 9.84 Å². The molecule has 0 fully saturated rings. The standard InChI is InChI=1S/C13H13ClO4/c1-8(2)18-12-5-3-9(14)7-10(12)11(15)4-6-13(16)17/h3-8H,1-2H3,(H,16,17)/b6-4+. The van der Waals surface area contributed by atoms with E-state index in [0.29, 0.717) is 10.8 Å². The van der Waals surface area contributed by atoms with Gasteiger partial charge in [-0.25, -0.2) is 4.79 Å². The monoisotopic (exact) mass is 268 g/mol. The van der Waals surface area contributed by atoms with E-state index in [-0.39, 0.29) is 11.7 Å². The summed E-state index contributed by atoms with van der Waals surface area (Å²) in [4.78, 5) is 22.2. The molecule has 0 unspecified atom stereocenters. The molecule has 5 heteroatoms. The molecule has 18 heavy (non-hydrogen) atoms. The summed E-state index contributed by atoms with van der Waals surface area (Å²) in [5.74, 6) is -1.26. The van der Waals surface area contributed by atoms with Gasteiger partial charge in [0.15, 0.2) is 5.78 Å². The van der Waals surface area contributed by atoms with E-state index in [1.165, 1.54) is 6.07 Å². The molecule has 0 aromatic heterocycles. The summed E-state index contributed by atoms with van der Waals surface area (Å²) in [5.41, 5.74) is 0.244. The van der Waals surface area contributed by atoms with E-state index in [2.05, 4.69) is 0 Å². The Kier molecular flexibility index (Phi) is 4.92. The molecule has 0 saturated heterocycles. The van der Waals surface area contributed by atoms with Crippen LogP contribution in [0.5, 0.6) is 5.75 Å². The minimum absolute atomic E-state index is 0.0961. The minimum atomic E-state index is -1.18. The molecule has 1 aromatic carbocycles. The number of hydrogen-bond donors (Lipinski definition) is 1. The Bertz CT molecular complexity index is 492. The lowest BCUT2D eigenvalue weighted by Gasteiger charge is -2.12. The Hall–Kier alpha value is -1.81. The van der Waals surface area contributed by atoms with Crippen molar-refractivity contribution in [2.24, 2.45) is 0 Å². The predicted octanol–water partition coefficient (Wildman–Crippen LogP) is 2.95. The number of carboxylic acids is 1. The first-order valence-electron chi connectivity index (χ1n) is 5.31. The number of hydrogen-bond acceptors (Lipinski definition) is 3. The molecule has 1 N–H and O–H groups in total. The number of halogens is 1. The number of carboxylic acid groups (broad SMARTS) is 1. The smallest absolute Gasteiger partial charge is 0.328 e. The summed E-state index contributed by atoms with van der Waals surface area (Å²) in [6.07, 6.45) is 1.66. The zero-order valence-electron chi connectivity index (χ0n) is 10.0. The van der Waals surface area contributed by atoms with Crippen molar-refractivity contribution in [3.63, 3.8) is 0 Å². The van der Waals surface area contributed by atoms with Crippen LogP contribution in [0.15, 0.2) is 30.4 Å². The van der Waals surface area contributed by atoms with Gasteiger partial charge in [-0.15, -0.1) is 0 Å². The lowest BCUT2D eigenvalue weighted by Crippen LogP contribution is -2.09. The van der Waals surface area contributed by atoms with E-state index in [9.17, 15) is 9.59 Å². The summed E-state index contributed by atoms with van der Waals surface area (Å²) in [6.45, 7) is 3.66. The van der Waals surface area contributed by atoms with Crippen molar-refractivity contribution in [3.8, 4) is 5.75 Å². The highest BCUT2D eigenvalue weighted by molar-refractivity contribution is 6.31. The molecule has 0 aliphatic rings. The summed E-state index contributed by atoms with van der Waals surface area (Å²) >= 11 is 5.81. The van der Waals surface area contributed by atoms with Gasteiger partial charge in [0.25, 0.3) is 0 Å². The molecule has 0 heterocycles. The molecule has 0 saturated carbocycles. The molecule has 96 valence electrons. The second-order valence-corrected chi connectivity index (χ2v) is 4.28. The second-order valence-electron chi connectivity index (χ2n) is 3.84. The Labute approximate surface area is 110 Å². The number of allylic oxidation sites excluding steroid dienone is 1. The first-order valence-corrected chi connectivity index (χ1v) is 5.69. The van der Waals surface area contributed by atoms with Gasteiger partial charge in [0.2, 0.25) is 0 Å². The van der Waals surface area contributed by atoms with E-state index < -0.39 is 11.8 Å². The van der Waals surface area contributed by atoms with Gasteiger partial charge in [0.1, 0.15) is 5.75 Å². The van der Waals surface area contributed by atoms with Crippen LogP contribution in [0, 0.1) is 0 Å². The third-order valence-corrected chi connectivity index (χ3v) is 2.18. The quantitative estimate of drug-likeness (QED) is 0.659. The van der Waals surface area contributed by atoms with Gasteiger partial charge in [0, 0.05) is 11.1 Å². The number of aliphatic carboxylic acids is 1. The third-order valence-electron chi connectivity index (χ3n) is 1.95. The Morgan fingerprint density at radius 3 is 2.56 bits per heavy atom. The van der Waals surface area contributed by atoms with Gasteiger partial charge in [-0.05, 0) is 38.1 Å². The molecular formula is C13H13ClO4. The number of ether oxygens (including phenoxy) is 1. The van der Waals surface area contributed by atoms with E-state index >= 15 is 0 Å². The number of benzene rings is 1. The molecule has 0 aliphatic carbocycles. The third kappa shape index (κ3) is 4.22. The highest BCUT2D eigenvalue weighted by Gasteiger charge is 2.12. The minimum Gasteiger partial charge on any atom is -0.490 e. The fraction of sp³-hybridized carbons (Fsp3) is 0.231. The van der Waals surface area contributed by atoms with E-state index in [4.69, 9.17) is 21.4 Å². The van der Waals surface area contributed by atoms with Crippen LogP contribution in [0.3, 0.4) is 0 Å². The van der Waals surface area contributed by atoms with Crippen LogP contribution in [-0.4, -0.2) is 23.0 Å². The molecule has 0 radical (unpaired) electrons. The fourth-order valence-electron chi connectivity index (χ4n) is 1.29. The summed E-state index contributed by atoms with van der Waals surface area (Å²) < 4.78 is 5.47. The molecule has 1 rings (SSSR count). The predicted molar refractivity (Wildman–Crippen MR) is 68.3 cm³/mol. The molecule has 0 amide bonds. The van der Waals surface area contributed by atoms with Crippen LogP contribution in [-0.2, 0) is 4.79 Å². The van der Waals surface area contributed by atoms with Crippen LogP contribution in [0.4, 0.5) is 0 Å². The lowest BCUT2D eigenvalue weighted by atomic mass is 10.1. The van der Waals surface area contributed by atoms with Crippen LogP contribution < -0.4 is 4.74 Å². The highest BCUT2D eigenvalue weighted by Crippen LogP contribution is 2.24. The molecule has 0 bridgehead atoms. The van der Waals surface area contributed by atoms with Crippen molar-refractivity contribution in [3.05, 3.63) is 40.9 Å². The molecule has 0 spiro atoms. The zero-order valence-corrected chi connectivity index (χ0v) is 10.8. The van der Waals surface area contributed by atoms with Crippen molar-refractivity contribution in [2.75, 3.05) is 0 Å². The number of ketones is 1. The largest absolute Gasteiger partial charge is 0.490 e. The maximum absolute atomic E-state index is 11.8.